The first kappa shape index (κ1) is 18.4. The van der Waals surface area contributed by atoms with E-state index in [1.54, 1.807) is 22.7 Å². The molecule has 8 heteroatoms. The SMILES string of the molecule is NC1CC=CC(O)C1c1sc2c(NCc3cccs3)cc(Cl)nc2c1Br. The van der Waals surface area contributed by atoms with Crippen molar-refractivity contribution in [2.45, 2.75) is 31.0 Å². The Hall–Kier alpha value is -0.960. The maximum atomic E-state index is 10.5. The van der Waals surface area contributed by atoms with E-state index in [0.717, 1.165) is 38.2 Å². The normalized spacial score (nSPS) is 22.8. The lowest BCUT2D eigenvalue weighted by atomic mass is 9.86. The molecule has 0 aromatic carbocycles. The Balaban J connectivity index is 1.76. The number of halogens is 2. The molecule has 136 valence electrons. The lowest BCUT2D eigenvalue weighted by molar-refractivity contribution is 0.170. The Kier molecular flexibility index (Phi) is 5.36. The van der Waals surface area contributed by atoms with Crippen molar-refractivity contribution < 1.29 is 5.11 Å². The third kappa shape index (κ3) is 3.44. The van der Waals surface area contributed by atoms with Crippen molar-refractivity contribution in [2.24, 2.45) is 5.73 Å². The van der Waals surface area contributed by atoms with E-state index >= 15 is 0 Å². The first-order chi connectivity index (χ1) is 12.5. The number of aromatic nitrogens is 1. The average molecular weight is 471 g/mol. The largest absolute Gasteiger partial charge is 0.388 e. The molecule has 0 aliphatic heterocycles. The number of thiophene rings is 2. The molecule has 0 radical (unpaired) electrons. The van der Waals surface area contributed by atoms with Gasteiger partial charge >= 0.3 is 0 Å². The Morgan fingerprint density at radius 1 is 1.46 bits per heavy atom. The fourth-order valence-corrected chi connectivity index (χ4v) is 6.32. The molecule has 3 aromatic rings. The van der Waals surface area contributed by atoms with Crippen molar-refractivity contribution in [3.63, 3.8) is 0 Å². The molecule has 0 fully saturated rings. The highest BCUT2D eigenvalue weighted by molar-refractivity contribution is 9.10. The molecule has 4 nitrogen and oxygen atoms in total. The summed E-state index contributed by atoms with van der Waals surface area (Å²) in [5, 5.41) is 16.4. The Labute approximate surface area is 172 Å². The predicted octanol–water partition coefficient (Wildman–Crippen LogP) is 5.12. The highest BCUT2D eigenvalue weighted by Gasteiger charge is 2.32. The van der Waals surface area contributed by atoms with Gasteiger partial charge in [0.2, 0.25) is 0 Å². The van der Waals surface area contributed by atoms with Crippen LogP contribution >= 0.6 is 50.2 Å². The van der Waals surface area contributed by atoms with E-state index in [2.05, 4.69) is 37.7 Å². The number of hydrogen-bond donors (Lipinski definition) is 3. The molecule has 26 heavy (non-hydrogen) atoms. The third-order valence-corrected chi connectivity index (χ3v) is 7.93. The molecular formula is C18H17BrClN3OS2. The van der Waals surface area contributed by atoms with Gasteiger partial charge in [-0.05, 0) is 33.8 Å². The monoisotopic (exact) mass is 469 g/mol. The fraction of sp³-hybridized carbons (Fsp3) is 0.278. The van der Waals surface area contributed by atoms with Crippen LogP contribution in [0.4, 0.5) is 5.69 Å². The van der Waals surface area contributed by atoms with Crippen LogP contribution < -0.4 is 11.1 Å². The van der Waals surface area contributed by atoms with Gasteiger partial charge < -0.3 is 16.2 Å². The number of nitrogens with two attached hydrogens (primary N) is 1. The molecule has 1 aliphatic rings. The maximum absolute atomic E-state index is 10.5. The molecule has 0 bridgehead atoms. The number of nitrogens with one attached hydrogen (secondary N) is 1. The van der Waals surface area contributed by atoms with E-state index in [-0.39, 0.29) is 12.0 Å². The van der Waals surface area contributed by atoms with Crippen LogP contribution in [0.5, 0.6) is 0 Å². The number of aliphatic hydroxyl groups excluding tert-OH is 1. The zero-order valence-corrected chi connectivity index (χ0v) is 17.6. The summed E-state index contributed by atoms with van der Waals surface area (Å²) in [4.78, 5) is 6.76. The zero-order chi connectivity index (χ0) is 18.3. The van der Waals surface area contributed by atoms with Gasteiger partial charge in [-0.25, -0.2) is 4.98 Å². The van der Waals surface area contributed by atoms with Crippen LogP contribution in [0.3, 0.4) is 0 Å². The molecule has 3 atom stereocenters. The van der Waals surface area contributed by atoms with Crippen molar-refractivity contribution in [3.05, 3.63) is 55.1 Å². The second-order valence-electron chi connectivity index (χ2n) is 6.23. The van der Waals surface area contributed by atoms with E-state index in [9.17, 15) is 5.11 Å². The second kappa shape index (κ2) is 7.58. The Morgan fingerprint density at radius 3 is 3.04 bits per heavy atom. The smallest absolute Gasteiger partial charge is 0.131 e. The molecule has 0 spiro atoms. The van der Waals surface area contributed by atoms with Gasteiger partial charge in [0, 0.05) is 34.3 Å². The van der Waals surface area contributed by atoms with Gasteiger partial charge in [0.1, 0.15) is 5.15 Å². The van der Waals surface area contributed by atoms with Crippen molar-refractivity contribution in [1.82, 2.24) is 4.98 Å². The van der Waals surface area contributed by atoms with Crippen LogP contribution in [0.1, 0.15) is 22.1 Å². The summed E-state index contributed by atoms with van der Waals surface area (Å²) in [5.74, 6) is -0.155. The summed E-state index contributed by atoms with van der Waals surface area (Å²) in [6.45, 7) is 0.728. The molecule has 4 N–H and O–H groups in total. The highest BCUT2D eigenvalue weighted by Crippen LogP contribution is 2.45. The minimum absolute atomic E-state index is 0.127. The number of hydrogen-bond acceptors (Lipinski definition) is 6. The van der Waals surface area contributed by atoms with Gasteiger partial charge in [0.25, 0.3) is 0 Å². The van der Waals surface area contributed by atoms with Gasteiger partial charge in [0.05, 0.1) is 26.5 Å². The van der Waals surface area contributed by atoms with Crippen LogP contribution in [0, 0.1) is 0 Å². The van der Waals surface area contributed by atoms with Gasteiger partial charge in [-0.15, -0.1) is 22.7 Å². The van der Waals surface area contributed by atoms with E-state index in [0.29, 0.717) is 5.15 Å². The summed E-state index contributed by atoms with van der Waals surface area (Å²) in [7, 11) is 0. The Bertz CT molecular complexity index is 957. The summed E-state index contributed by atoms with van der Waals surface area (Å²) < 4.78 is 1.88. The standard InChI is InChI=1S/C18H17BrClN3OS2/c19-15-16-17(26-18(15)14-10(21)4-1-5-12(14)24)11(7-13(20)23-16)22-8-9-3-2-6-25-9/h1-3,5-7,10,12,14,24H,4,8,21H2,(H,22,23). The number of aliphatic hydroxyl groups is 1. The molecule has 3 aromatic heterocycles. The van der Waals surface area contributed by atoms with Crippen LogP contribution in [-0.2, 0) is 6.54 Å². The number of anilines is 1. The van der Waals surface area contributed by atoms with E-state index in [1.807, 2.05) is 24.3 Å². The van der Waals surface area contributed by atoms with Crippen molar-refractivity contribution in [2.75, 3.05) is 5.32 Å². The first-order valence-electron chi connectivity index (χ1n) is 8.19. The minimum Gasteiger partial charge on any atom is -0.388 e. The molecule has 0 amide bonds. The van der Waals surface area contributed by atoms with Crippen LogP contribution in [0.2, 0.25) is 5.15 Å². The van der Waals surface area contributed by atoms with E-state index in [1.165, 1.54) is 4.88 Å². The van der Waals surface area contributed by atoms with Crippen molar-refractivity contribution in [3.8, 4) is 0 Å². The predicted molar refractivity (Wildman–Crippen MR) is 114 cm³/mol. The summed E-state index contributed by atoms with van der Waals surface area (Å²) in [6, 6.07) is 5.85. The van der Waals surface area contributed by atoms with Gasteiger partial charge in [-0.1, -0.05) is 29.8 Å². The van der Waals surface area contributed by atoms with Gasteiger partial charge in [-0.3, -0.25) is 0 Å². The van der Waals surface area contributed by atoms with E-state index in [4.69, 9.17) is 17.3 Å². The third-order valence-electron chi connectivity index (χ3n) is 4.48. The molecule has 0 saturated carbocycles. The van der Waals surface area contributed by atoms with Crippen molar-refractivity contribution >= 4 is 66.1 Å². The lowest BCUT2D eigenvalue weighted by Gasteiger charge is -2.29. The van der Waals surface area contributed by atoms with Crippen LogP contribution in [0.15, 0.2) is 40.2 Å². The zero-order valence-electron chi connectivity index (χ0n) is 13.7. The topological polar surface area (TPSA) is 71.2 Å². The average Bonchev–Trinajstić information content (AvgIpc) is 3.22. The fourth-order valence-electron chi connectivity index (χ4n) is 3.21. The van der Waals surface area contributed by atoms with E-state index < -0.39 is 6.10 Å². The summed E-state index contributed by atoms with van der Waals surface area (Å²) in [5.41, 5.74) is 8.05. The number of rotatable bonds is 4. The highest BCUT2D eigenvalue weighted by atomic mass is 79.9. The summed E-state index contributed by atoms with van der Waals surface area (Å²) in [6.07, 6.45) is 3.92. The number of pyridine rings is 1. The molecular weight excluding hydrogens is 454 g/mol. The lowest BCUT2D eigenvalue weighted by Crippen LogP contribution is -2.37. The minimum atomic E-state index is -0.596. The molecule has 4 rings (SSSR count). The summed E-state index contributed by atoms with van der Waals surface area (Å²) >= 11 is 13.3. The van der Waals surface area contributed by atoms with Gasteiger partial charge in [-0.2, -0.15) is 0 Å². The van der Waals surface area contributed by atoms with Gasteiger partial charge in [0.15, 0.2) is 0 Å². The van der Waals surface area contributed by atoms with Crippen LogP contribution in [0.25, 0.3) is 10.2 Å². The molecule has 1 aliphatic carbocycles. The molecule has 3 heterocycles. The number of nitrogens with zero attached hydrogens (tertiary/aromatic N) is 1. The first-order valence-corrected chi connectivity index (χ1v) is 11.1. The van der Waals surface area contributed by atoms with Crippen LogP contribution in [-0.4, -0.2) is 22.2 Å². The molecule has 3 unspecified atom stereocenters. The quantitative estimate of drug-likeness (QED) is 0.366. The van der Waals surface area contributed by atoms with Crippen molar-refractivity contribution in [1.29, 1.82) is 0 Å². The Morgan fingerprint density at radius 2 is 2.31 bits per heavy atom. The second-order valence-corrected chi connectivity index (χ2v) is 9.49. The maximum Gasteiger partial charge on any atom is 0.131 e. The molecule has 0 saturated heterocycles. The number of fused-ring (bicyclic) bond motifs is 1.